The Morgan fingerprint density at radius 3 is 3.00 bits per heavy atom. The van der Waals surface area contributed by atoms with E-state index in [1.54, 1.807) is 4.68 Å². The van der Waals surface area contributed by atoms with E-state index < -0.39 is 0 Å². The smallest absolute Gasteiger partial charge is 0.319 e. The SMILES string of the molecule is CCCOC(=O)[C@H](C)Sc1nnnn1C1CCOCC1. The number of tetrazole rings is 1. The van der Waals surface area contributed by atoms with E-state index in [4.69, 9.17) is 9.47 Å². The summed E-state index contributed by atoms with van der Waals surface area (Å²) in [7, 11) is 0. The van der Waals surface area contributed by atoms with Crippen LogP contribution < -0.4 is 0 Å². The molecule has 2 heterocycles. The third kappa shape index (κ3) is 3.92. The number of aromatic nitrogens is 4. The van der Waals surface area contributed by atoms with Crippen LogP contribution in [0.1, 0.15) is 39.2 Å². The zero-order valence-corrected chi connectivity index (χ0v) is 12.6. The van der Waals surface area contributed by atoms with Crippen LogP contribution in [0.15, 0.2) is 5.16 Å². The summed E-state index contributed by atoms with van der Waals surface area (Å²) in [6, 6.07) is 0.250. The highest BCUT2D eigenvalue weighted by Crippen LogP contribution is 2.27. The van der Waals surface area contributed by atoms with E-state index in [-0.39, 0.29) is 17.3 Å². The minimum Gasteiger partial charge on any atom is -0.465 e. The number of ether oxygens (including phenoxy) is 2. The van der Waals surface area contributed by atoms with Crippen LogP contribution in [-0.2, 0) is 14.3 Å². The summed E-state index contributed by atoms with van der Waals surface area (Å²) < 4.78 is 12.3. The maximum absolute atomic E-state index is 11.8. The molecule has 1 fully saturated rings. The van der Waals surface area contributed by atoms with Gasteiger partial charge < -0.3 is 9.47 Å². The molecule has 0 N–H and O–H groups in total. The summed E-state index contributed by atoms with van der Waals surface area (Å²) in [6.45, 7) is 5.68. The van der Waals surface area contributed by atoms with Gasteiger partial charge in [-0.3, -0.25) is 4.79 Å². The van der Waals surface area contributed by atoms with Crippen molar-refractivity contribution in [3.8, 4) is 0 Å². The van der Waals surface area contributed by atoms with Crippen LogP contribution in [0, 0.1) is 0 Å². The molecule has 1 saturated heterocycles. The first-order chi connectivity index (χ1) is 9.72. The van der Waals surface area contributed by atoms with Gasteiger partial charge in [0, 0.05) is 13.2 Å². The lowest BCUT2D eigenvalue weighted by atomic mass is 10.1. The Labute approximate surface area is 122 Å². The third-order valence-electron chi connectivity index (χ3n) is 3.06. The number of thioether (sulfide) groups is 1. The monoisotopic (exact) mass is 300 g/mol. The third-order valence-corrected chi connectivity index (χ3v) is 4.09. The largest absolute Gasteiger partial charge is 0.465 e. The van der Waals surface area contributed by atoms with Gasteiger partial charge in [-0.2, -0.15) is 0 Å². The molecule has 0 unspecified atom stereocenters. The molecule has 0 radical (unpaired) electrons. The highest BCUT2D eigenvalue weighted by atomic mass is 32.2. The molecule has 0 saturated carbocycles. The van der Waals surface area contributed by atoms with Gasteiger partial charge in [0.2, 0.25) is 5.16 Å². The fourth-order valence-electron chi connectivity index (χ4n) is 1.95. The molecular weight excluding hydrogens is 280 g/mol. The molecule has 8 heteroatoms. The Hall–Kier alpha value is -1.15. The summed E-state index contributed by atoms with van der Waals surface area (Å²) in [5.74, 6) is -0.224. The van der Waals surface area contributed by atoms with E-state index in [0.29, 0.717) is 11.8 Å². The van der Waals surface area contributed by atoms with E-state index in [1.807, 2.05) is 13.8 Å². The zero-order chi connectivity index (χ0) is 14.4. The second-order valence-corrected chi connectivity index (χ2v) is 5.99. The first-order valence-corrected chi connectivity index (χ1v) is 7.79. The summed E-state index contributed by atoms with van der Waals surface area (Å²) in [4.78, 5) is 11.8. The minimum atomic E-state index is -0.314. The van der Waals surface area contributed by atoms with Crippen molar-refractivity contribution in [2.24, 2.45) is 0 Å². The van der Waals surface area contributed by atoms with Crippen LogP contribution in [0.4, 0.5) is 0 Å². The quantitative estimate of drug-likeness (QED) is 0.581. The van der Waals surface area contributed by atoms with Crippen molar-refractivity contribution in [1.82, 2.24) is 20.2 Å². The molecule has 1 aromatic rings. The van der Waals surface area contributed by atoms with Crippen molar-refractivity contribution >= 4 is 17.7 Å². The first-order valence-electron chi connectivity index (χ1n) is 6.91. The van der Waals surface area contributed by atoms with Crippen molar-refractivity contribution in [2.75, 3.05) is 19.8 Å². The summed E-state index contributed by atoms with van der Waals surface area (Å²) in [5.41, 5.74) is 0. The summed E-state index contributed by atoms with van der Waals surface area (Å²) >= 11 is 1.34. The van der Waals surface area contributed by atoms with Crippen LogP contribution in [0.2, 0.25) is 0 Å². The highest BCUT2D eigenvalue weighted by molar-refractivity contribution is 8.00. The molecule has 1 aromatic heterocycles. The molecule has 2 rings (SSSR count). The molecule has 112 valence electrons. The van der Waals surface area contributed by atoms with E-state index in [9.17, 15) is 4.79 Å². The lowest BCUT2D eigenvalue weighted by Gasteiger charge is -2.22. The van der Waals surface area contributed by atoms with Crippen LogP contribution in [-0.4, -0.2) is 51.2 Å². The number of rotatable bonds is 6. The number of nitrogens with zero attached hydrogens (tertiary/aromatic N) is 4. The number of hydrogen-bond acceptors (Lipinski definition) is 7. The van der Waals surface area contributed by atoms with Gasteiger partial charge >= 0.3 is 5.97 Å². The Balaban J connectivity index is 1.95. The maximum atomic E-state index is 11.8. The molecular formula is C12H20N4O3S. The average molecular weight is 300 g/mol. The Morgan fingerprint density at radius 1 is 1.55 bits per heavy atom. The van der Waals surface area contributed by atoms with Crippen molar-refractivity contribution in [1.29, 1.82) is 0 Å². The number of hydrogen-bond donors (Lipinski definition) is 0. The van der Waals surface area contributed by atoms with Crippen LogP contribution in [0.3, 0.4) is 0 Å². The van der Waals surface area contributed by atoms with Gasteiger partial charge in [-0.05, 0) is 36.6 Å². The van der Waals surface area contributed by atoms with Crippen LogP contribution in [0.5, 0.6) is 0 Å². The molecule has 7 nitrogen and oxygen atoms in total. The summed E-state index contributed by atoms with van der Waals surface area (Å²) in [5, 5.41) is 12.1. The molecule has 1 aliphatic rings. The Kier molecular flexibility index (Phi) is 5.78. The van der Waals surface area contributed by atoms with Gasteiger partial charge in [0.15, 0.2) is 0 Å². The molecule has 0 amide bonds. The summed E-state index contributed by atoms with van der Waals surface area (Å²) in [6.07, 6.45) is 2.61. The minimum absolute atomic E-state index is 0.224. The Bertz CT molecular complexity index is 434. The van der Waals surface area contributed by atoms with Gasteiger partial charge in [0.05, 0.1) is 12.6 Å². The topological polar surface area (TPSA) is 79.1 Å². The molecule has 20 heavy (non-hydrogen) atoms. The molecule has 0 aliphatic carbocycles. The maximum Gasteiger partial charge on any atom is 0.319 e. The normalized spacial score (nSPS) is 17.9. The van der Waals surface area contributed by atoms with Crippen molar-refractivity contribution in [3.63, 3.8) is 0 Å². The zero-order valence-electron chi connectivity index (χ0n) is 11.8. The number of carbonyl (C=O) groups excluding carboxylic acids is 1. The lowest BCUT2D eigenvalue weighted by Crippen LogP contribution is -2.23. The highest BCUT2D eigenvalue weighted by Gasteiger charge is 2.24. The number of esters is 1. The van der Waals surface area contributed by atoms with Crippen molar-refractivity contribution in [3.05, 3.63) is 0 Å². The van der Waals surface area contributed by atoms with Gasteiger partial charge in [0.1, 0.15) is 5.25 Å². The fourth-order valence-corrected chi connectivity index (χ4v) is 2.81. The Morgan fingerprint density at radius 2 is 2.30 bits per heavy atom. The molecule has 1 aliphatic heterocycles. The van der Waals surface area contributed by atoms with Gasteiger partial charge in [-0.15, -0.1) is 5.10 Å². The second kappa shape index (κ2) is 7.58. The lowest BCUT2D eigenvalue weighted by molar-refractivity contribution is -0.142. The van der Waals surface area contributed by atoms with Crippen LogP contribution in [0.25, 0.3) is 0 Å². The molecule has 1 atom stereocenters. The van der Waals surface area contributed by atoms with E-state index in [2.05, 4.69) is 15.5 Å². The van der Waals surface area contributed by atoms with Crippen molar-refractivity contribution < 1.29 is 14.3 Å². The fraction of sp³-hybridized carbons (Fsp3) is 0.833. The van der Waals surface area contributed by atoms with E-state index in [0.717, 1.165) is 32.5 Å². The first kappa shape index (κ1) is 15.2. The molecule has 0 aromatic carbocycles. The van der Waals surface area contributed by atoms with E-state index >= 15 is 0 Å². The molecule has 0 spiro atoms. The van der Waals surface area contributed by atoms with Gasteiger partial charge in [-0.25, -0.2) is 4.68 Å². The van der Waals surface area contributed by atoms with E-state index in [1.165, 1.54) is 11.8 Å². The van der Waals surface area contributed by atoms with Gasteiger partial charge in [-0.1, -0.05) is 18.7 Å². The number of carbonyl (C=O) groups is 1. The van der Waals surface area contributed by atoms with Gasteiger partial charge in [0.25, 0.3) is 0 Å². The standard InChI is InChI=1S/C12H20N4O3S/c1-3-6-19-11(17)9(2)20-12-13-14-15-16(12)10-4-7-18-8-5-10/h9-10H,3-8H2,1-2H3/t9-/m0/s1. The van der Waals surface area contributed by atoms with Crippen molar-refractivity contribution in [2.45, 2.75) is 49.6 Å². The molecule has 0 bridgehead atoms. The predicted octanol–water partition coefficient (Wildman–Crippen LogP) is 1.46. The average Bonchev–Trinajstić information content (AvgIpc) is 2.93. The second-order valence-electron chi connectivity index (χ2n) is 4.68. The van der Waals surface area contributed by atoms with Crippen LogP contribution >= 0.6 is 11.8 Å². The predicted molar refractivity (Wildman–Crippen MR) is 73.5 cm³/mol.